The van der Waals surface area contributed by atoms with Crippen molar-refractivity contribution in [3.8, 4) is 5.75 Å². The van der Waals surface area contributed by atoms with E-state index < -0.39 is 6.03 Å². The van der Waals surface area contributed by atoms with E-state index in [0.29, 0.717) is 37.2 Å². The van der Waals surface area contributed by atoms with E-state index in [9.17, 15) is 14.4 Å². The topological polar surface area (TPSA) is 88.2 Å². The van der Waals surface area contributed by atoms with Gasteiger partial charge in [0.2, 0.25) is 5.91 Å². The third-order valence-electron chi connectivity index (χ3n) is 6.30. The van der Waals surface area contributed by atoms with Gasteiger partial charge in [-0.1, -0.05) is 19.3 Å². The van der Waals surface area contributed by atoms with E-state index in [0.717, 1.165) is 12.8 Å². The molecule has 168 valence electrons. The molecule has 1 aromatic carbocycles. The van der Waals surface area contributed by atoms with Crippen LogP contribution in [0.15, 0.2) is 24.3 Å². The number of rotatable bonds is 6. The van der Waals surface area contributed by atoms with E-state index in [1.165, 1.54) is 37.0 Å². The first-order valence-corrected chi connectivity index (χ1v) is 11.4. The molecule has 8 heteroatoms. The molecule has 2 saturated heterocycles. The Morgan fingerprint density at radius 2 is 1.61 bits per heavy atom. The van der Waals surface area contributed by atoms with Crippen molar-refractivity contribution in [2.24, 2.45) is 0 Å². The molecule has 0 unspecified atom stereocenters. The summed E-state index contributed by atoms with van der Waals surface area (Å²) in [7, 11) is 0. The lowest BCUT2D eigenvalue weighted by atomic mass is 9.97. The van der Waals surface area contributed by atoms with Crippen molar-refractivity contribution in [2.75, 3.05) is 31.1 Å². The maximum atomic E-state index is 12.5. The summed E-state index contributed by atoms with van der Waals surface area (Å²) in [6.07, 6.45) is 8.93. The first kappa shape index (κ1) is 21.6. The molecule has 0 radical (unpaired) electrons. The van der Waals surface area contributed by atoms with E-state index in [-0.39, 0.29) is 30.9 Å². The minimum Gasteiger partial charge on any atom is -0.484 e. The number of piperidine rings is 1. The van der Waals surface area contributed by atoms with E-state index in [4.69, 9.17) is 9.47 Å². The molecule has 3 aliphatic rings. The first-order chi connectivity index (χ1) is 15.1. The molecule has 1 saturated carbocycles. The quantitative estimate of drug-likeness (QED) is 0.751. The maximum absolute atomic E-state index is 12.5. The molecule has 0 aromatic heterocycles. The molecule has 0 spiro atoms. The molecule has 4 amide bonds. The summed E-state index contributed by atoms with van der Waals surface area (Å²) >= 11 is 0. The Bertz CT molecular complexity index is 783. The van der Waals surface area contributed by atoms with Crippen molar-refractivity contribution in [1.82, 2.24) is 10.2 Å². The molecular formula is C23H31N3O5. The van der Waals surface area contributed by atoms with Gasteiger partial charge in [0.25, 0.3) is 5.91 Å². The van der Waals surface area contributed by atoms with Gasteiger partial charge in [-0.2, -0.15) is 0 Å². The molecule has 1 N–H and O–H groups in total. The third-order valence-corrected chi connectivity index (χ3v) is 6.30. The van der Waals surface area contributed by atoms with Crippen LogP contribution in [0.3, 0.4) is 0 Å². The van der Waals surface area contributed by atoms with E-state index in [1.54, 1.807) is 24.3 Å². The fourth-order valence-electron chi connectivity index (χ4n) is 4.48. The molecule has 31 heavy (non-hydrogen) atoms. The van der Waals surface area contributed by atoms with Crippen molar-refractivity contribution in [3.63, 3.8) is 0 Å². The number of nitrogens with one attached hydrogen (secondary N) is 1. The van der Waals surface area contributed by atoms with Crippen LogP contribution in [-0.4, -0.2) is 61.2 Å². The average molecular weight is 430 g/mol. The molecule has 2 aliphatic heterocycles. The van der Waals surface area contributed by atoms with Crippen molar-refractivity contribution < 1.29 is 23.9 Å². The van der Waals surface area contributed by atoms with Crippen molar-refractivity contribution in [3.05, 3.63) is 24.3 Å². The van der Waals surface area contributed by atoms with Crippen LogP contribution in [0, 0.1) is 0 Å². The van der Waals surface area contributed by atoms with Crippen LogP contribution in [0.25, 0.3) is 0 Å². The Morgan fingerprint density at radius 1 is 0.935 bits per heavy atom. The van der Waals surface area contributed by atoms with E-state index >= 15 is 0 Å². The Balaban J connectivity index is 1.19. The number of amides is 4. The summed E-state index contributed by atoms with van der Waals surface area (Å²) in [5.74, 6) is 0.291. The van der Waals surface area contributed by atoms with Gasteiger partial charge < -0.3 is 14.4 Å². The summed E-state index contributed by atoms with van der Waals surface area (Å²) in [4.78, 5) is 39.1. The molecule has 1 aromatic rings. The van der Waals surface area contributed by atoms with Gasteiger partial charge in [-0.3, -0.25) is 19.8 Å². The van der Waals surface area contributed by atoms with E-state index in [2.05, 4.69) is 5.32 Å². The predicted octanol–water partition coefficient (Wildman–Crippen LogP) is 2.85. The van der Waals surface area contributed by atoms with Crippen molar-refractivity contribution in [2.45, 2.75) is 63.6 Å². The number of hydrogen-bond donors (Lipinski definition) is 1. The van der Waals surface area contributed by atoms with Crippen molar-refractivity contribution in [1.29, 1.82) is 0 Å². The highest BCUT2D eigenvalue weighted by Crippen LogP contribution is 2.25. The highest BCUT2D eigenvalue weighted by atomic mass is 16.5. The predicted molar refractivity (Wildman–Crippen MR) is 115 cm³/mol. The SMILES string of the molecule is O=C1CCN(c2ccc(OCC(=O)N3CCC(OC4CCCCC4)CC3)cc2)C(=O)N1. The minimum absolute atomic E-state index is 0.00774. The number of benzene rings is 1. The Hall–Kier alpha value is -2.61. The van der Waals surface area contributed by atoms with Gasteiger partial charge in [0, 0.05) is 31.7 Å². The summed E-state index contributed by atoms with van der Waals surface area (Å²) in [5.41, 5.74) is 0.684. The molecule has 2 heterocycles. The number of urea groups is 1. The fourth-order valence-corrected chi connectivity index (χ4v) is 4.48. The number of nitrogens with zero attached hydrogens (tertiary/aromatic N) is 2. The maximum Gasteiger partial charge on any atom is 0.328 e. The molecule has 3 fully saturated rings. The molecule has 4 rings (SSSR count). The van der Waals surface area contributed by atoms with Crippen LogP contribution in [0.2, 0.25) is 0 Å². The average Bonchev–Trinajstić information content (AvgIpc) is 2.79. The van der Waals surface area contributed by atoms with Gasteiger partial charge in [-0.25, -0.2) is 4.79 Å². The number of imide groups is 1. The first-order valence-electron chi connectivity index (χ1n) is 11.4. The van der Waals surface area contributed by atoms with Crippen LogP contribution in [0.4, 0.5) is 10.5 Å². The summed E-state index contributed by atoms with van der Waals surface area (Å²) in [6.45, 7) is 1.76. The minimum atomic E-state index is -0.420. The number of anilines is 1. The van der Waals surface area contributed by atoms with Gasteiger partial charge in [0.1, 0.15) is 5.75 Å². The van der Waals surface area contributed by atoms with Crippen LogP contribution >= 0.6 is 0 Å². The van der Waals surface area contributed by atoms with Gasteiger partial charge in [-0.05, 0) is 49.9 Å². The fraction of sp³-hybridized carbons (Fsp3) is 0.609. The number of carbonyl (C=O) groups is 3. The zero-order valence-electron chi connectivity index (χ0n) is 17.9. The second-order valence-electron chi connectivity index (χ2n) is 8.51. The Morgan fingerprint density at radius 3 is 2.29 bits per heavy atom. The number of carbonyl (C=O) groups excluding carboxylic acids is 3. The van der Waals surface area contributed by atoms with E-state index in [1.807, 2.05) is 4.90 Å². The lowest BCUT2D eigenvalue weighted by Crippen LogP contribution is -2.49. The Kier molecular flexibility index (Phi) is 7.06. The van der Waals surface area contributed by atoms with Crippen molar-refractivity contribution >= 4 is 23.5 Å². The smallest absolute Gasteiger partial charge is 0.328 e. The second-order valence-corrected chi connectivity index (χ2v) is 8.51. The third kappa shape index (κ3) is 5.76. The molecule has 0 bridgehead atoms. The molecule has 1 aliphatic carbocycles. The molecule has 0 atom stereocenters. The number of ether oxygens (including phenoxy) is 2. The van der Waals surface area contributed by atoms with Crippen LogP contribution in [-0.2, 0) is 14.3 Å². The largest absolute Gasteiger partial charge is 0.484 e. The van der Waals surface area contributed by atoms with Gasteiger partial charge in [0.05, 0.1) is 12.2 Å². The summed E-state index contributed by atoms with van der Waals surface area (Å²) in [5, 5.41) is 2.30. The standard InChI is InChI=1S/C23H31N3O5/c27-21-12-15-26(23(29)24-21)17-6-8-18(9-7-17)30-16-22(28)25-13-10-20(11-14-25)31-19-4-2-1-3-5-19/h6-9,19-20H,1-5,10-16H2,(H,24,27,29). The van der Waals surface area contributed by atoms with Gasteiger partial charge in [0.15, 0.2) is 6.61 Å². The normalized spacial score (nSPS) is 21.2. The molecule has 8 nitrogen and oxygen atoms in total. The summed E-state index contributed by atoms with van der Waals surface area (Å²) in [6, 6.07) is 6.55. The summed E-state index contributed by atoms with van der Waals surface area (Å²) < 4.78 is 11.9. The van der Waals surface area contributed by atoms with Crippen LogP contribution < -0.4 is 15.0 Å². The van der Waals surface area contributed by atoms with Crippen LogP contribution in [0.5, 0.6) is 5.75 Å². The van der Waals surface area contributed by atoms with Gasteiger partial charge >= 0.3 is 6.03 Å². The number of hydrogen-bond acceptors (Lipinski definition) is 5. The lowest BCUT2D eigenvalue weighted by molar-refractivity contribution is -0.137. The molecular weight excluding hydrogens is 398 g/mol. The highest BCUT2D eigenvalue weighted by Gasteiger charge is 2.27. The van der Waals surface area contributed by atoms with Crippen LogP contribution in [0.1, 0.15) is 51.4 Å². The zero-order chi connectivity index (χ0) is 21.6. The number of likely N-dealkylation sites (tertiary alicyclic amines) is 1. The Labute approximate surface area is 182 Å². The second kappa shape index (κ2) is 10.1. The highest BCUT2D eigenvalue weighted by molar-refractivity contribution is 6.05. The monoisotopic (exact) mass is 429 g/mol. The zero-order valence-corrected chi connectivity index (χ0v) is 17.9. The van der Waals surface area contributed by atoms with Gasteiger partial charge in [-0.15, -0.1) is 0 Å². The lowest BCUT2D eigenvalue weighted by Gasteiger charge is -2.34.